The number of carbonyl (C=O) groups excluding carboxylic acids is 1. The van der Waals surface area contributed by atoms with Crippen LogP contribution in [0.2, 0.25) is 0 Å². The van der Waals surface area contributed by atoms with Crippen molar-refractivity contribution in [3.8, 4) is 0 Å². The summed E-state index contributed by atoms with van der Waals surface area (Å²) in [4.78, 5) is 14.2. The number of hydrogen-bond donors (Lipinski definition) is 0. The van der Waals surface area contributed by atoms with Gasteiger partial charge < -0.3 is 9.64 Å². The van der Waals surface area contributed by atoms with Gasteiger partial charge in [0.25, 0.3) is 0 Å². The fourth-order valence-corrected chi connectivity index (χ4v) is 3.46. The van der Waals surface area contributed by atoms with Gasteiger partial charge in [-0.15, -0.1) is 0 Å². The summed E-state index contributed by atoms with van der Waals surface area (Å²) in [5, 5.41) is 0. The molecule has 0 atom stereocenters. The molecule has 0 unspecified atom stereocenters. The van der Waals surface area contributed by atoms with Crippen molar-refractivity contribution >= 4 is 5.97 Å². The lowest BCUT2D eigenvalue weighted by Crippen LogP contribution is -2.20. The molecule has 0 saturated carbocycles. The Morgan fingerprint density at radius 3 is 2.04 bits per heavy atom. The lowest BCUT2D eigenvalue weighted by atomic mass is 10.1. The predicted molar refractivity (Wildman–Crippen MR) is 102 cm³/mol. The number of unbranched alkanes of at least 4 members (excludes halogenated alkanes) is 10. The molecule has 3 heteroatoms. The molecule has 0 aromatic rings. The van der Waals surface area contributed by atoms with Gasteiger partial charge in [-0.2, -0.15) is 0 Å². The van der Waals surface area contributed by atoms with E-state index in [1.54, 1.807) is 0 Å². The largest absolute Gasteiger partial charge is 0.466 e. The lowest BCUT2D eigenvalue weighted by molar-refractivity contribution is -0.143. The predicted octanol–water partition coefficient (Wildman–Crippen LogP) is 5.72. The normalized spacial score (nSPS) is 15.0. The van der Waals surface area contributed by atoms with Crippen molar-refractivity contribution in [2.75, 3.05) is 26.2 Å². The number of rotatable bonds is 16. The van der Waals surface area contributed by atoms with E-state index in [1.165, 1.54) is 90.3 Å². The van der Waals surface area contributed by atoms with Crippen LogP contribution >= 0.6 is 0 Å². The quantitative estimate of drug-likeness (QED) is 0.266. The summed E-state index contributed by atoms with van der Waals surface area (Å²) in [6.45, 7) is 6.66. The Bertz CT molecular complexity index is 288. The number of nitrogens with zero attached hydrogens (tertiary/aromatic N) is 1. The first-order valence-electron chi connectivity index (χ1n) is 10.7. The highest BCUT2D eigenvalue weighted by molar-refractivity contribution is 5.69. The molecule has 1 aliphatic rings. The minimum Gasteiger partial charge on any atom is -0.466 e. The summed E-state index contributed by atoms with van der Waals surface area (Å²) >= 11 is 0. The Kier molecular flexibility index (Phi) is 14.3. The van der Waals surface area contributed by atoms with E-state index < -0.39 is 0 Å². The van der Waals surface area contributed by atoms with Gasteiger partial charge in [0.1, 0.15) is 0 Å². The Labute approximate surface area is 150 Å². The first-order valence-corrected chi connectivity index (χ1v) is 10.7. The van der Waals surface area contributed by atoms with Gasteiger partial charge in [0.2, 0.25) is 0 Å². The molecule has 0 N–H and O–H groups in total. The molecule has 0 radical (unpaired) electrons. The summed E-state index contributed by atoms with van der Waals surface area (Å²) in [5.41, 5.74) is 0. The molecular formula is C21H41NO2. The molecule has 1 fully saturated rings. The van der Waals surface area contributed by atoms with E-state index in [0.29, 0.717) is 13.0 Å². The molecule has 3 nitrogen and oxygen atoms in total. The highest BCUT2D eigenvalue weighted by Crippen LogP contribution is 2.11. The maximum absolute atomic E-state index is 11.7. The Morgan fingerprint density at radius 2 is 1.38 bits per heavy atom. The molecule has 1 heterocycles. The molecule has 1 rings (SSSR count). The van der Waals surface area contributed by atoms with Crippen molar-refractivity contribution in [3.63, 3.8) is 0 Å². The Morgan fingerprint density at radius 1 is 0.792 bits per heavy atom. The topological polar surface area (TPSA) is 29.5 Å². The van der Waals surface area contributed by atoms with Crippen molar-refractivity contribution in [2.45, 2.75) is 103 Å². The molecular weight excluding hydrogens is 298 g/mol. The second-order valence-electron chi connectivity index (χ2n) is 7.41. The van der Waals surface area contributed by atoms with Gasteiger partial charge in [-0.1, -0.05) is 64.7 Å². The zero-order valence-electron chi connectivity index (χ0n) is 16.2. The van der Waals surface area contributed by atoms with Gasteiger partial charge in [-0.05, 0) is 51.7 Å². The fraction of sp³-hybridized carbons (Fsp3) is 0.952. The molecule has 0 aromatic carbocycles. The smallest absolute Gasteiger partial charge is 0.305 e. The first kappa shape index (κ1) is 21.5. The van der Waals surface area contributed by atoms with E-state index in [2.05, 4.69) is 11.8 Å². The standard InChI is InChI=1S/C21H41NO2/c1-2-3-4-5-6-7-8-9-15-20-24-21(23)16-11-10-12-17-22-18-13-14-19-22/h2-20H2,1H3. The second-order valence-corrected chi connectivity index (χ2v) is 7.41. The zero-order chi connectivity index (χ0) is 17.3. The molecule has 0 bridgehead atoms. The third-order valence-electron chi connectivity index (χ3n) is 5.06. The van der Waals surface area contributed by atoms with Gasteiger partial charge in [0.15, 0.2) is 0 Å². The third-order valence-corrected chi connectivity index (χ3v) is 5.06. The summed E-state index contributed by atoms with van der Waals surface area (Å²) < 4.78 is 5.33. The third kappa shape index (κ3) is 12.8. The van der Waals surface area contributed by atoms with Crippen molar-refractivity contribution in [1.29, 1.82) is 0 Å². The zero-order valence-corrected chi connectivity index (χ0v) is 16.2. The van der Waals surface area contributed by atoms with Crippen LogP contribution in [0.4, 0.5) is 0 Å². The SMILES string of the molecule is CCCCCCCCCCCOC(=O)CCCCCN1CCCC1. The molecule has 24 heavy (non-hydrogen) atoms. The number of ether oxygens (including phenoxy) is 1. The van der Waals surface area contributed by atoms with Crippen LogP contribution in [-0.2, 0) is 9.53 Å². The van der Waals surface area contributed by atoms with Crippen LogP contribution in [0.1, 0.15) is 103 Å². The second kappa shape index (κ2) is 15.9. The summed E-state index contributed by atoms with van der Waals surface area (Å²) in [7, 11) is 0. The molecule has 0 aliphatic carbocycles. The fourth-order valence-electron chi connectivity index (χ4n) is 3.46. The minimum absolute atomic E-state index is 0.00994. The molecule has 0 spiro atoms. The van der Waals surface area contributed by atoms with Crippen molar-refractivity contribution in [1.82, 2.24) is 4.90 Å². The van der Waals surface area contributed by atoms with Gasteiger partial charge >= 0.3 is 5.97 Å². The average molecular weight is 340 g/mol. The first-order chi connectivity index (χ1) is 11.8. The number of likely N-dealkylation sites (tertiary alicyclic amines) is 1. The van der Waals surface area contributed by atoms with Crippen molar-refractivity contribution in [3.05, 3.63) is 0 Å². The van der Waals surface area contributed by atoms with Crippen LogP contribution in [0.15, 0.2) is 0 Å². The van der Waals surface area contributed by atoms with Crippen LogP contribution in [0.3, 0.4) is 0 Å². The van der Waals surface area contributed by atoms with Crippen LogP contribution < -0.4 is 0 Å². The molecule has 142 valence electrons. The molecule has 0 amide bonds. The van der Waals surface area contributed by atoms with E-state index >= 15 is 0 Å². The molecule has 1 aliphatic heterocycles. The van der Waals surface area contributed by atoms with E-state index in [9.17, 15) is 4.79 Å². The minimum atomic E-state index is 0.00994. The number of esters is 1. The van der Waals surface area contributed by atoms with Gasteiger partial charge in [0, 0.05) is 6.42 Å². The summed E-state index contributed by atoms with van der Waals surface area (Å²) in [6, 6.07) is 0. The Balaban J connectivity index is 1.74. The van der Waals surface area contributed by atoms with Gasteiger partial charge in [-0.25, -0.2) is 0 Å². The monoisotopic (exact) mass is 339 g/mol. The van der Waals surface area contributed by atoms with E-state index in [4.69, 9.17) is 4.74 Å². The maximum Gasteiger partial charge on any atom is 0.305 e. The summed E-state index contributed by atoms with van der Waals surface area (Å²) in [5.74, 6) is 0.00994. The summed E-state index contributed by atoms with van der Waals surface area (Å²) in [6.07, 6.45) is 18.5. The van der Waals surface area contributed by atoms with Crippen LogP contribution in [-0.4, -0.2) is 37.1 Å². The Hall–Kier alpha value is -0.570. The van der Waals surface area contributed by atoms with Crippen molar-refractivity contribution in [2.24, 2.45) is 0 Å². The van der Waals surface area contributed by atoms with E-state index in [0.717, 1.165) is 19.3 Å². The molecule has 1 saturated heterocycles. The van der Waals surface area contributed by atoms with E-state index in [-0.39, 0.29) is 5.97 Å². The highest BCUT2D eigenvalue weighted by atomic mass is 16.5. The number of hydrogen-bond acceptors (Lipinski definition) is 3. The van der Waals surface area contributed by atoms with Crippen molar-refractivity contribution < 1.29 is 9.53 Å². The van der Waals surface area contributed by atoms with Crippen LogP contribution in [0.25, 0.3) is 0 Å². The molecule has 0 aromatic heterocycles. The number of carbonyl (C=O) groups is 1. The van der Waals surface area contributed by atoms with Gasteiger partial charge in [0.05, 0.1) is 6.61 Å². The van der Waals surface area contributed by atoms with Crippen LogP contribution in [0, 0.1) is 0 Å². The van der Waals surface area contributed by atoms with Crippen LogP contribution in [0.5, 0.6) is 0 Å². The van der Waals surface area contributed by atoms with Gasteiger partial charge in [-0.3, -0.25) is 4.79 Å². The highest BCUT2D eigenvalue weighted by Gasteiger charge is 2.10. The van der Waals surface area contributed by atoms with E-state index in [1.807, 2.05) is 0 Å². The average Bonchev–Trinajstić information content (AvgIpc) is 3.09. The lowest BCUT2D eigenvalue weighted by Gasteiger charge is -2.13. The maximum atomic E-state index is 11.7.